The highest BCUT2D eigenvalue weighted by Gasteiger charge is 2.12. The zero-order chi connectivity index (χ0) is 13.0. The molecule has 0 saturated heterocycles. The normalized spacial score (nSPS) is 10.3. The second-order valence-corrected chi connectivity index (χ2v) is 4.12. The van der Waals surface area contributed by atoms with Crippen molar-refractivity contribution in [3.63, 3.8) is 0 Å². The van der Waals surface area contributed by atoms with E-state index in [1.807, 2.05) is 31.2 Å². The van der Waals surface area contributed by atoms with Gasteiger partial charge in [0.1, 0.15) is 12.8 Å². The van der Waals surface area contributed by atoms with E-state index in [2.05, 4.69) is 5.16 Å². The Hall–Kier alpha value is -2.30. The van der Waals surface area contributed by atoms with Crippen LogP contribution in [0.5, 0.6) is 0 Å². The molecular formula is C13H14N2O3. The van der Waals surface area contributed by atoms with Gasteiger partial charge in [-0.25, -0.2) is 0 Å². The van der Waals surface area contributed by atoms with E-state index in [0.29, 0.717) is 6.54 Å². The first-order chi connectivity index (χ1) is 8.65. The fourth-order valence-corrected chi connectivity index (χ4v) is 1.68. The summed E-state index contributed by atoms with van der Waals surface area (Å²) in [7, 11) is 0. The van der Waals surface area contributed by atoms with Crippen LogP contribution in [0.15, 0.2) is 41.2 Å². The van der Waals surface area contributed by atoms with E-state index in [9.17, 15) is 4.79 Å². The van der Waals surface area contributed by atoms with Crippen molar-refractivity contribution < 1.29 is 14.4 Å². The number of hydrogen-bond donors (Lipinski definition) is 1. The van der Waals surface area contributed by atoms with Crippen molar-refractivity contribution in [1.82, 2.24) is 5.16 Å². The smallest absolute Gasteiger partial charge is 0.323 e. The van der Waals surface area contributed by atoms with E-state index in [-0.39, 0.29) is 6.54 Å². The van der Waals surface area contributed by atoms with Crippen molar-refractivity contribution in [3.8, 4) is 0 Å². The molecule has 0 saturated carbocycles. The number of anilines is 1. The van der Waals surface area contributed by atoms with Gasteiger partial charge in [0.25, 0.3) is 0 Å². The first-order valence-electron chi connectivity index (χ1n) is 5.57. The summed E-state index contributed by atoms with van der Waals surface area (Å²) in [6.07, 6.45) is 3.10. The zero-order valence-corrected chi connectivity index (χ0v) is 10.0. The summed E-state index contributed by atoms with van der Waals surface area (Å²) < 4.78 is 4.75. The van der Waals surface area contributed by atoms with Gasteiger partial charge in [-0.05, 0) is 19.1 Å². The molecule has 0 spiro atoms. The summed E-state index contributed by atoms with van der Waals surface area (Å²) >= 11 is 0. The van der Waals surface area contributed by atoms with Crippen molar-refractivity contribution >= 4 is 11.7 Å². The highest BCUT2D eigenvalue weighted by atomic mass is 16.5. The Morgan fingerprint density at radius 1 is 1.39 bits per heavy atom. The standard InChI is InChI=1S/C13H14N2O3/c1-10-2-4-12(5-3-10)15(8-13(16)17)7-11-6-14-18-9-11/h2-6,9H,7-8H2,1H3,(H,16,17). The molecular weight excluding hydrogens is 232 g/mol. The molecule has 0 aliphatic carbocycles. The summed E-state index contributed by atoms with van der Waals surface area (Å²) in [5, 5.41) is 12.6. The molecule has 0 bridgehead atoms. The molecule has 5 heteroatoms. The third-order valence-corrected chi connectivity index (χ3v) is 2.58. The van der Waals surface area contributed by atoms with Gasteiger partial charge in [-0.3, -0.25) is 4.79 Å². The molecule has 0 aliphatic rings. The lowest BCUT2D eigenvalue weighted by molar-refractivity contribution is -0.135. The van der Waals surface area contributed by atoms with Gasteiger partial charge in [0.15, 0.2) is 0 Å². The number of carboxylic acids is 1. The van der Waals surface area contributed by atoms with E-state index in [1.165, 1.54) is 6.26 Å². The van der Waals surface area contributed by atoms with Crippen molar-refractivity contribution in [2.75, 3.05) is 11.4 Å². The van der Waals surface area contributed by atoms with E-state index in [0.717, 1.165) is 16.8 Å². The quantitative estimate of drug-likeness (QED) is 0.874. The summed E-state index contributed by atoms with van der Waals surface area (Å²) in [6, 6.07) is 7.73. The number of nitrogens with zero attached hydrogens (tertiary/aromatic N) is 2. The Kier molecular flexibility index (Phi) is 3.62. The van der Waals surface area contributed by atoms with Crippen molar-refractivity contribution in [3.05, 3.63) is 47.9 Å². The van der Waals surface area contributed by atoms with Crippen LogP contribution in [0, 0.1) is 6.92 Å². The summed E-state index contributed by atoms with van der Waals surface area (Å²) in [4.78, 5) is 12.7. The molecule has 0 amide bonds. The van der Waals surface area contributed by atoms with Crippen LogP contribution in [0.4, 0.5) is 5.69 Å². The second-order valence-electron chi connectivity index (χ2n) is 4.12. The van der Waals surface area contributed by atoms with Crippen molar-refractivity contribution in [2.24, 2.45) is 0 Å². The first kappa shape index (κ1) is 12.2. The molecule has 0 radical (unpaired) electrons. The highest BCUT2D eigenvalue weighted by molar-refractivity contribution is 5.73. The molecule has 1 heterocycles. The van der Waals surface area contributed by atoms with Gasteiger partial charge in [-0.15, -0.1) is 0 Å². The van der Waals surface area contributed by atoms with Gasteiger partial charge >= 0.3 is 5.97 Å². The topological polar surface area (TPSA) is 66.6 Å². The molecule has 94 valence electrons. The van der Waals surface area contributed by atoms with E-state index >= 15 is 0 Å². The zero-order valence-electron chi connectivity index (χ0n) is 10.0. The van der Waals surface area contributed by atoms with Gasteiger partial charge in [0.05, 0.1) is 6.20 Å². The molecule has 18 heavy (non-hydrogen) atoms. The van der Waals surface area contributed by atoms with Gasteiger partial charge in [-0.2, -0.15) is 0 Å². The first-order valence-corrected chi connectivity index (χ1v) is 5.57. The molecule has 2 rings (SSSR count). The van der Waals surface area contributed by atoms with Gasteiger partial charge in [-0.1, -0.05) is 22.9 Å². The summed E-state index contributed by atoms with van der Waals surface area (Å²) in [5.74, 6) is -0.868. The number of aromatic nitrogens is 1. The largest absolute Gasteiger partial charge is 0.480 e. The third-order valence-electron chi connectivity index (χ3n) is 2.58. The minimum Gasteiger partial charge on any atom is -0.480 e. The molecule has 0 fully saturated rings. The number of carboxylic acid groups (broad SMARTS) is 1. The predicted octanol–water partition coefficient (Wildman–Crippen LogP) is 2.07. The molecule has 2 aromatic rings. The molecule has 1 aromatic heterocycles. The van der Waals surface area contributed by atoms with E-state index < -0.39 is 5.97 Å². The number of aryl methyl sites for hydroxylation is 1. The predicted molar refractivity (Wildman–Crippen MR) is 66.4 cm³/mol. The SMILES string of the molecule is Cc1ccc(N(CC(=O)O)Cc2cnoc2)cc1. The molecule has 5 nitrogen and oxygen atoms in total. The lowest BCUT2D eigenvalue weighted by Crippen LogP contribution is -2.28. The molecule has 0 unspecified atom stereocenters. The van der Waals surface area contributed by atoms with Crippen LogP contribution in [0.2, 0.25) is 0 Å². The number of hydrogen-bond acceptors (Lipinski definition) is 4. The highest BCUT2D eigenvalue weighted by Crippen LogP contribution is 2.17. The third kappa shape index (κ3) is 3.10. The number of benzene rings is 1. The number of rotatable bonds is 5. The van der Waals surface area contributed by atoms with E-state index in [1.54, 1.807) is 11.1 Å². The van der Waals surface area contributed by atoms with Crippen LogP contribution < -0.4 is 4.90 Å². The lowest BCUT2D eigenvalue weighted by atomic mass is 10.2. The van der Waals surface area contributed by atoms with Gasteiger partial charge < -0.3 is 14.5 Å². The van der Waals surface area contributed by atoms with Crippen molar-refractivity contribution in [1.29, 1.82) is 0 Å². The maximum Gasteiger partial charge on any atom is 0.323 e. The second kappa shape index (κ2) is 5.35. The number of carbonyl (C=O) groups is 1. The monoisotopic (exact) mass is 246 g/mol. The Morgan fingerprint density at radius 2 is 2.11 bits per heavy atom. The van der Waals surface area contributed by atoms with Crippen LogP contribution in [0.25, 0.3) is 0 Å². The Bertz CT molecular complexity index is 506. The molecule has 1 N–H and O–H groups in total. The van der Waals surface area contributed by atoms with Crippen LogP contribution in [-0.2, 0) is 11.3 Å². The molecule has 0 aliphatic heterocycles. The minimum absolute atomic E-state index is 0.0613. The minimum atomic E-state index is -0.868. The Morgan fingerprint density at radius 3 is 2.67 bits per heavy atom. The number of aliphatic carboxylic acids is 1. The van der Waals surface area contributed by atoms with Gasteiger partial charge in [0.2, 0.25) is 0 Å². The Balaban J connectivity index is 2.19. The summed E-state index contributed by atoms with van der Waals surface area (Å²) in [6.45, 7) is 2.39. The van der Waals surface area contributed by atoms with Crippen LogP contribution in [0.3, 0.4) is 0 Å². The van der Waals surface area contributed by atoms with Gasteiger partial charge in [0, 0.05) is 17.8 Å². The van der Waals surface area contributed by atoms with E-state index in [4.69, 9.17) is 9.63 Å². The van der Waals surface area contributed by atoms with Crippen LogP contribution >= 0.6 is 0 Å². The lowest BCUT2D eigenvalue weighted by Gasteiger charge is -2.22. The maximum absolute atomic E-state index is 10.9. The fraction of sp³-hybridized carbons (Fsp3) is 0.231. The van der Waals surface area contributed by atoms with Crippen molar-refractivity contribution in [2.45, 2.75) is 13.5 Å². The molecule has 1 aromatic carbocycles. The van der Waals surface area contributed by atoms with Crippen LogP contribution in [-0.4, -0.2) is 22.8 Å². The van der Waals surface area contributed by atoms with Crippen LogP contribution in [0.1, 0.15) is 11.1 Å². The fourth-order valence-electron chi connectivity index (χ4n) is 1.68. The molecule has 0 atom stereocenters. The summed E-state index contributed by atoms with van der Waals surface area (Å²) in [5.41, 5.74) is 2.85. The Labute approximate surface area is 105 Å². The maximum atomic E-state index is 10.9. The average Bonchev–Trinajstić information content (AvgIpc) is 2.81. The average molecular weight is 246 g/mol.